The van der Waals surface area contributed by atoms with E-state index >= 15 is 0 Å². The summed E-state index contributed by atoms with van der Waals surface area (Å²) < 4.78 is 6.04. The van der Waals surface area contributed by atoms with Crippen molar-refractivity contribution in [3.8, 4) is 0 Å². The highest BCUT2D eigenvalue weighted by atomic mass is 16.6. The summed E-state index contributed by atoms with van der Waals surface area (Å²) in [5.41, 5.74) is -1.20. The van der Waals surface area contributed by atoms with Gasteiger partial charge in [0.05, 0.1) is 18.4 Å². The van der Waals surface area contributed by atoms with Crippen LogP contribution in [0.15, 0.2) is 0 Å². The molecule has 4 atom stereocenters. The van der Waals surface area contributed by atoms with Gasteiger partial charge in [-0.3, -0.25) is 19.2 Å². The second kappa shape index (κ2) is 8.45. The fourth-order valence-corrected chi connectivity index (χ4v) is 7.42. The van der Waals surface area contributed by atoms with E-state index in [4.69, 9.17) is 4.74 Å². The number of hydrogen-bond donors (Lipinski definition) is 0. The Hall–Kier alpha value is -1.92. The van der Waals surface area contributed by atoms with Crippen molar-refractivity contribution in [1.82, 2.24) is 9.80 Å². The van der Waals surface area contributed by atoms with Crippen molar-refractivity contribution in [3.63, 3.8) is 0 Å². The average molecular weight is 445 g/mol. The first kappa shape index (κ1) is 21.9. The van der Waals surface area contributed by atoms with Gasteiger partial charge in [0.25, 0.3) is 0 Å². The van der Waals surface area contributed by atoms with E-state index in [0.29, 0.717) is 0 Å². The predicted octanol–water partition coefficient (Wildman–Crippen LogP) is 3.13. The van der Waals surface area contributed by atoms with Gasteiger partial charge in [-0.25, -0.2) is 0 Å². The number of Topliss-reactive ketones (excluding diaryl/α,β-unsaturated/α-hetero) is 1. The summed E-state index contributed by atoms with van der Waals surface area (Å²) in [6.07, 6.45) is 12.7. The molecule has 0 N–H and O–H groups in total. The van der Waals surface area contributed by atoms with Crippen molar-refractivity contribution in [3.05, 3.63) is 0 Å². The maximum Gasteiger partial charge on any atom is 0.307 e. The summed E-state index contributed by atoms with van der Waals surface area (Å²) in [5.74, 6) is -1.27. The topological polar surface area (TPSA) is 84.0 Å². The first-order valence-corrected chi connectivity index (χ1v) is 12.8. The fourth-order valence-electron chi connectivity index (χ4n) is 7.42. The SMILES string of the molecule is CC(=O)C[C@@H]1N(C2CCCCCC2)C(=O)[C@@H]2N(C3CCCCCC3)C(=O)[C@H]3CC(=O)O[C@@]312. The molecule has 2 aliphatic carbocycles. The molecule has 0 radical (unpaired) electrons. The van der Waals surface area contributed by atoms with Gasteiger partial charge >= 0.3 is 5.97 Å². The van der Waals surface area contributed by atoms with Crippen LogP contribution in [0.25, 0.3) is 0 Å². The van der Waals surface area contributed by atoms with E-state index in [1.807, 2.05) is 9.80 Å². The monoisotopic (exact) mass is 444 g/mol. The third-order valence-electron chi connectivity index (χ3n) is 8.73. The molecule has 0 unspecified atom stereocenters. The number of rotatable bonds is 4. The zero-order chi connectivity index (χ0) is 22.5. The Kier molecular flexibility index (Phi) is 5.79. The fraction of sp³-hybridized carbons (Fsp3) is 0.840. The van der Waals surface area contributed by atoms with Gasteiger partial charge in [-0.05, 0) is 32.6 Å². The van der Waals surface area contributed by atoms with Gasteiger partial charge in [0.2, 0.25) is 11.8 Å². The Bertz CT molecular complexity index is 796. The van der Waals surface area contributed by atoms with Crippen LogP contribution < -0.4 is 0 Å². The quantitative estimate of drug-likeness (QED) is 0.491. The maximum absolute atomic E-state index is 14.1. The number of hydrogen-bond acceptors (Lipinski definition) is 5. The van der Waals surface area contributed by atoms with Crippen LogP contribution in [-0.2, 0) is 23.9 Å². The third-order valence-corrected chi connectivity index (χ3v) is 8.73. The molecule has 3 heterocycles. The van der Waals surface area contributed by atoms with Crippen LogP contribution in [0.5, 0.6) is 0 Å². The lowest BCUT2D eigenvalue weighted by Crippen LogP contribution is -2.54. The van der Waals surface area contributed by atoms with E-state index in [0.717, 1.165) is 77.0 Å². The number of amides is 2. The molecule has 0 aromatic carbocycles. The Morgan fingerprint density at radius 1 is 0.844 bits per heavy atom. The zero-order valence-corrected chi connectivity index (χ0v) is 19.2. The molecule has 0 bridgehead atoms. The van der Waals surface area contributed by atoms with E-state index in [1.54, 1.807) is 0 Å². The van der Waals surface area contributed by atoms with Crippen LogP contribution in [0.1, 0.15) is 96.8 Å². The Balaban J connectivity index is 1.58. The van der Waals surface area contributed by atoms with Crippen LogP contribution in [-0.4, -0.2) is 63.1 Å². The molecule has 5 aliphatic rings. The largest absolute Gasteiger partial charge is 0.453 e. The zero-order valence-electron chi connectivity index (χ0n) is 19.2. The van der Waals surface area contributed by atoms with E-state index in [-0.39, 0.29) is 42.5 Å². The summed E-state index contributed by atoms with van der Waals surface area (Å²) in [6, 6.07) is -1.22. The lowest BCUT2D eigenvalue weighted by molar-refractivity contribution is -0.155. The van der Waals surface area contributed by atoms with Crippen molar-refractivity contribution in [2.45, 2.75) is 127 Å². The van der Waals surface area contributed by atoms with Gasteiger partial charge in [0.15, 0.2) is 11.6 Å². The number of likely N-dealkylation sites (tertiary alicyclic amines) is 2. The lowest BCUT2D eigenvalue weighted by atomic mass is 9.79. The van der Waals surface area contributed by atoms with Crippen LogP contribution in [0.2, 0.25) is 0 Å². The normalized spacial score (nSPS) is 36.7. The first-order chi connectivity index (χ1) is 15.4. The minimum Gasteiger partial charge on any atom is -0.453 e. The van der Waals surface area contributed by atoms with Gasteiger partial charge in [0, 0.05) is 18.5 Å². The van der Waals surface area contributed by atoms with E-state index < -0.39 is 29.6 Å². The molecular weight excluding hydrogens is 408 g/mol. The van der Waals surface area contributed by atoms with Gasteiger partial charge in [-0.1, -0.05) is 51.4 Å². The molecule has 2 amide bonds. The average Bonchev–Trinajstić information content (AvgIpc) is 3.06. The molecule has 32 heavy (non-hydrogen) atoms. The second-order valence-electron chi connectivity index (χ2n) is 10.7. The number of ketones is 1. The summed E-state index contributed by atoms with van der Waals surface area (Å²) in [5, 5.41) is 0. The highest BCUT2D eigenvalue weighted by Gasteiger charge is 2.77. The lowest BCUT2D eigenvalue weighted by Gasteiger charge is -2.38. The van der Waals surface area contributed by atoms with E-state index in [1.165, 1.54) is 6.92 Å². The van der Waals surface area contributed by atoms with Crippen LogP contribution in [0, 0.1) is 5.92 Å². The smallest absolute Gasteiger partial charge is 0.307 e. The van der Waals surface area contributed by atoms with E-state index in [9.17, 15) is 19.2 Å². The van der Waals surface area contributed by atoms with Crippen molar-refractivity contribution in [2.75, 3.05) is 0 Å². The molecule has 176 valence electrons. The highest BCUT2D eigenvalue weighted by Crippen LogP contribution is 2.56. The molecule has 1 spiro atoms. The molecule has 0 aromatic heterocycles. The first-order valence-electron chi connectivity index (χ1n) is 12.8. The van der Waals surface area contributed by atoms with Crippen molar-refractivity contribution in [2.24, 2.45) is 5.92 Å². The number of carbonyl (C=O) groups excluding carboxylic acids is 4. The molecule has 3 saturated heterocycles. The molecular formula is C25H36N2O5. The molecule has 2 saturated carbocycles. The number of carbonyl (C=O) groups is 4. The molecule has 5 fully saturated rings. The summed E-state index contributed by atoms with van der Waals surface area (Å²) in [7, 11) is 0. The van der Waals surface area contributed by atoms with Crippen molar-refractivity contribution < 1.29 is 23.9 Å². The summed E-state index contributed by atoms with van der Waals surface area (Å²) >= 11 is 0. The molecule has 7 heteroatoms. The molecule has 3 aliphatic heterocycles. The Labute approximate surface area is 190 Å². The Morgan fingerprint density at radius 2 is 1.38 bits per heavy atom. The van der Waals surface area contributed by atoms with Gasteiger partial charge in [-0.15, -0.1) is 0 Å². The number of nitrogens with zero attached hydrogens (tertiary/aromatic N) is 2. The minimum atomic E-state index is -1.20. The van der Waals surface area contributed by atoms with Crippen molar-refractivity contribution >= 4 is 23.6 Å². The summed E-state index contributed by atoms with van der Waals surface area (Å²) in [4.78, 5) is 56.5. The van der Waals surface area contributed by atoms with Crippen molar-refractivity contribution in [1.29, 1.82) is 0 Å². The number of ether oxygens (including phenoxy) is 1. The third kappa shape index (κ3) is 3.29. The predicted molar refractivity (Wildman–Crippen MR) is 116 cm³/mol. The molecule has 7 nitrogen and oxygen atoms in total. The maximum atomic E-state index is 14.1. The Morgan fingerprint density at radius 3 is 1.91 bits per heavy atom. The minimum absolute atomic E-state index is 0.0205. The molecule has 5 rings (SSSR count). The van der Waals surface area contributed by atoms with Gasteiger partial charge in [0.1, 0.15) is 5.78 Å². The number of esters is 1. The summed E-state index contributed by atoms with van der Waals surface area (Å²) in [6.45, 7) is 1.53. The van der Waals surface area contributed by atoms with Crippen LogP contribution in [0.4, 0.5) is 0 Å². The van der Waals surface area contributed by atoms with Crippen LogP contribution in [0.3, 0.4) is 0 Å². The van der Waals surface area contributed by atoms with Gasteiger partial charge < -0.3 is 14.5 Å². The van der Waals surface area contributed by atoms with Gasteiger partial charge in [-0.2, -0.15) is 0 Å². The van der Waals surface area contributed by atoms with E-state index in [2.05, 4.69) is 0 Å². The van der Waals surface area contributed by atoms with Crippen LogP contribution >= 0.6 is 0 Å². The molecule has 0 aromatic rings. The standard InChI is InChI=1S/C25H36N2O5/c1-16(28)14-20-25-19(15-21(29)32-25)23(30)27(18-12-8-4-5-9-13-18)22(25)24(31)26(20)17-10-6-2-3-7-11-17/h17-20,22H,2-15H2,1H3/t19-,20+,22+,25+/m1/s1. The highest BCUT2D eigenvalue weighted by molar-refractivity contribution is 6.02. The second-order valence-corrected chi connectivity index (χ2v) is 10.7.